The maximum atomic E-state index is 12.7. The van der Waals surface area contributed by atoms with Gasteiger partial charge in [0.2, 0.25) is 11.8 Å². The van der Waals surface area contributed by atoms with Gasteiger partial charge in [0.25, 0.3) is 0 Å². The van der Waals surface area contributed by atoms with Gasteiger partial charge in [-0.1, -0.05) is 12.1 Å². The van der Waals surface area contributed by atoms with Crippen LogP contribution in [-0.4, -0.2) is 80.3 Å². The summed E-state index contributed by atoms with van der Waals surface area (Å²) >= 11 is 0. The lowest BCUT2D eigenvalue weighted by Crippen LogP contribution is -2.48. The average Bonchev–Trinajstić information content (AvgIpc) is 2.74. The zero-order valence-electron chi connectivity index (χ0n) is 18.9. The predicted octanol–water partition coefficient (Wildman–Crippen LogP) is 1.96. The van der Waals surface area contributed by atoms with Crippen LogP contribution >= 0.6 is 0 Å². The second-order valence-electron chi connectivity index (χ2n) is 9.04. The Morgan fingerprint density at radius 2 is 1.52 bits per heavy atom. The summed E-state index contributed by atoms with van der Waals surface area (Å²) < 4.78 is 24.3. The molecule has 31 heavy (non-hydrogen) atoms. The summed E-state index contributed by atoms with van der Waals surface area (Å²) in [7, 11) is -3.03. The SMILES string of the molecule is CC(=O)N1CCN(c2ccc(CC(=O)N3CCC(CS(=O)(=O)C(C)C)CC3)cc2)CC1. The molecular weight excluding hydrogens is 414 g/mol. The van der Waals surface area contributed by atoms with E-state index in [0.29, 0.717) is 19.5 Å². The Bertz CT molecular complexity index is 867. The molecule has 0 aliphatic carbocycles. The molecule has 0 bridgehead atoms. The van der Waals surface area contributed by atoms with Crippen LogP contribution in [0.4, 0.5) is 5.69 Å². The molecule has 0 atom stereocenters. The number of amides is 2. The Kier molecular flexibility index (Phi) is 7.62. The topological polar surface area (TPSA) is 78.0 Å². The van der Waals surface area contributed by atoms with Crippen LogP contribution in [0.1, 0.15) is 39.2 Å². The Morgan fingerprint density at radius 3 is 2.03 bits per heavy atom. The van der Waals surface area contributed by atoms with Gasteiger partial charge in [-0.15, -0.1) is 0 Å². The van der Waals surface area contributed by atoms with Crippen LogP contribution < -0.4 is 4.90 Å². The van der Waals surface area contributed by atoms with Crippen LogP contribution in [0.25, 0.3) is 0 Å². The molecule has 2 saturated heterocycles. The fourth-order valence-corrected chi connectivity index (χ4v) is 5.64. The molecule has 7 nitrogen and oxygen atoms in total. The van der Waals surface area contributed by atoms with E-state index < -0.39 is 9.84 Å². The van der Waals surface area contributed by atoms with Gasteiger partial charge in [0.15, 0.2) is 9.84 Å². The van der Waals surface area contributed by atoms with Crippen LogP contribution in [0.5, 0.6) is 0 Å². The van der Waals surface area contributed by atoms with E-state index >= 15 is 0 Å². The summed E-state index contributed by atoms with van der Waals surface area (Å²) in [5.74, 6) is 0.612. The van der Waals surface area contributed by atoms with E-state index in [2.05, 4.69) is 17.0 Å². The van der Waals surface area contributed by atoms with Gasteiger partial charge in [-0.3, -0.25) is 9.59 Å². The van der Waals surface area contributed by atoms with E-state index in [9.17, 15) is 18.0 Å². The average molecular weight is 450 g/mol. The Hall–Kier alpha value is -2.09. The Labute approximate surface area is 186 Å². The fourth-order valence-electron chi connectivity index (χ4n) is 4.26. The van der Waals surface area contributed by atoms with Crippen molar-refractivity contribution < 1.29 is 18.0 Å². The molecule has 3 rings (SSSR count). The summed E-state index contributed by atoms with van der Waals surface area (Å²) in [4.78, 5) is 30.2. The number of likely N-dealkylation sites (tertiary alicyclic amines) is 1. The number of benzene rings is 1. The summed E-state index contributed by atoms with van der Waals surface area (Å²) in [5, 5.41) is -0.340. The molecule has 0 unspecified atom stereocenters. The van der Waals surface area contributed by atoms with Crippen LogP contribution in [0.3, 0.4) is 0 Å². The predicted molar refractivity (Wildman–Crippen MR) is 123 cm³/mol. The zero-order chi connectivity index (χ0) is 22.6. The molecule has 1 aromatic carbocycles. The minimum absolute atomic E-state index is 0.105. The number of carbonyl (C=O) groups excluding carboxylic acids is 2. The van der Waals surface area contributed by atoms with Crippen molar-refractivity contribution in [1.29, 1.82) is 0 Å². The number of hydrogen-bond acceptors (Lipinski definition) is 5. The smallest absolute Gasteiger partial charge is 0.226 e. The van der Waals surface area contributed by atoms with Crippen molar-refractivity contribution in [3.8, 4) is 0 Å². The number of nitrogens with zero attached hydrogens (tertiary/aromatic N) is 3. The molecule has 0 N–H and O–H groups in total. The van der Waals surface area contributed by atoms with Gasteiger partial charge >= 0.3 is 0 Å². The van der Waals surface area contributed by atoms with Crippen molar-refractivity contribution in [3.63, 3.8) is 0 Å². The molecule has 2 aliphatic heterocycles. The van der Waals surface area contributed by atoms with Crippen molar-refractivity contribution in [2.75, 3.05) is 49.9 Å². The molecule has 2 fully saturated rings. The van der Waals surface area contributed by atoms with Crippen molar-refractivity contribution in [1.82, 2.24) is 9.80 Å². The molecular formula is C23H35N3O4S. The van der Waals surface area contributed by atoms with Gasteiger partial charge < -0.3 is 14.7 Å². The number of piperazine rings is 1. The quantitative estimate of drug-likeness (QED) is 0.663. The molecule has 8 heteroatoms. The van der Waals surface area contributed by atoms with Crippen molar-refractivity contribution in [2.45, 2.75) is 45.3 Å². The van der Waals surface area contributed by atoms with E-state index in [1.807, 2.05) is 21.9 Å². The number of anilines is 1. The Balaban J connectivity index is 1.47. The van der Waals surface area contributed by atoms with Crippen LogP contribution in [0.15, 0.2) is 24.3 Å². The van der Waals surface area contributed by atoms with Gasteiger partial charge in [0.1, 0.15) is 0 Å². The van der Waals surface area contributed by atoms with Crippen molar-refractivity contribution in [2.24, 2.45) is 5.92 Å². The lowest BCUT2D eigenvalue weighted by atomic mass is 9.98. The Morgan fingerprint density at radius 1 is 0.935 bits per heavy atom. The highest BCUT2D eigenvalue weighted by Crippen LogP contribution is 2.22. The van der Waals surface area contributed by atoms with Crippen molar-refractivity contribution >= 4 is 27.3 Å². The third-order valence-electron chi connectivity index (χ3n) is 6.54. The highest BCUT2D eigenvalue weighted by Gasteiger charge is 2.28. The highest BCUT2D eigenvalue weighted by molar-refractivity contribution is 7.91. The molecule has 0 spiro atoms. The van der Waals surface area contributed by atoms with Crippen molar-refractivity contribution in [3.05, 3.63) is 29.8 Å². The molecule has 2 aliphatic rings. The zero-order valence-corrected chi connectivity index (χ0v) is 19.7. The van der Waals surface area contributed by atoms with E-state index in [1.165, 1.54) is 0 Å². The second kappa shape index (κ2) is 10.0. The second-order valence-corrected chi connectivity index (χ2v) is 11.6. The monoisotopic (exact) mass is 449 g/mol. The minimum Gasteiger partial charge on any atom is -0.368 e. The van der Waals surface area contributed by atoms with Crippen LogP contribution in [0.2, 0.25) is 0 Å². The number of sulfone groups is 1. The first-order valence-electron chi connectivity index (χ1n) is 11.2. The highest BCUT2D eigenvalue weighted by atomic mass is 32.2. The molecule has 2 heterocycles. The first kappa shape index (κ1) is 23.6. The third-order valence-corrected chi connectivity index (χ3v) is 8.91. The number of piperidine rings is 1. The normalized spacial score (nSPS) is 18.5. The first-order valence-corrected chi connectivity index (χ1v) is 13.0. The number of hydrogen-bond donors (Lipinski definition) is 0. The van der Waals surface area contributed by atoms with E-state index in [-0.39, 0.29) is 28.7 Å². The number of carbonyl (C=O) groups is 2. The summed E-state index contributed by atoms with van der Waals surface area (Å²) in [6.07, 6.45) is 1.87. The summed E-state index contributed by atoms with van der Waals surface area (Å²) in [6, 6.07) is 8.11. The molecule has 0 radical (unpaired) electrons. The lowest BCUT2D eigenvalue weighted by molar-refractivity contribution is -0.132. The van der Waals surface area contributed by atoms with Gasteiger partial charge in [-0.05, 0) is 50.3 Å². The third kappa shape index (κ3) is 6.21. The molecule has 172 valence electrons. The minimum atomic E-state index is -3.03. The molecule has 0 saturated carbocycles. The fraction of sp³-hybridized carbons (Fsp3) is 0.652. The summed E-state index contributed by atoms with van der Waals surface area (Å²) in [5.41, 5.74) is 2.10. The van der Waals surface area contributed by atoms with Gasteiger partial charge in [-0.25, -0.2) is 8.42 Å². The molecule has 0 aromatic heterocycles. The van der Waals surface area contributed by atoms with Gasteiger partial charge in [0.05, 0.1) is 17.4 Å². The standard InChI is InChI=1S/C23H35N3O4S/c1-18(2)31(29,30)17-21-8-10-26(11-9-21)23(28)16-20-4-6-22(7-5-20)25-14-12-24(13-15-25)19(3)27/h4-7,18,21H,8-17H2,1-3H3. The van der Waals surface area contributed by atoms with E-state index in [1.54, 1.807) is 20.8 Å². The maximum absolute atomic E-state index is 12.7. The molecule has 1 aromatic rings. The van der Waals surface area contributed by atoms with Gasteiger partial charge in [-0.2, -0.15) is 0 Å². The largest absolute Gasteiger partial charge is 0.368 e. The lowest BCUT2D eigenvalue weighted by Gasteiger charge is -2.35. The first-order chi connectivity index (χ1) is 14.7. The van der Waals surface area contributed by atoms with Gasteiger partial charge in [0, 0.05) is 51.9 Å². The molecule has 2 amide bonds. The number of rotatable bonds is 6. The maximum Gasteiger partial charge on any atom is 0.226 e. The van der Waals surface area contributed by atoms with Crippen LogP contribution in [-0.2, 0) is 25.8 Å². The van der Waals surface area contributed by atoms with Crippen LogP contribution in [0, 0.1) is 5.92 Å². The summed E-state index contributed by atoms with van der Waals surface area (Å²) in [6.45, 7) is 9.45. The van der Waals surface area contributed by atoms with E-state index in [0.717, 1.165) is 50.3 Å². The van der Waals surface area contributed by atoms with E-state index in [4.69, 9.17) is 0 Å².